The highest BCUT2D eigenvalue weighted by atomic mass is 16.5. The molecule has 88 valence electrons. The second-order valence-corrected chi connectivity index (χ2v) is 3.84. The highest BCUT2D eigenvalue weighted by Crippen LogP contribution is 2.01. The van der Waals surface area contributed by atoms with Gasteiger partial charge in [0.15, 0.2) is 0 Å². The molecule has 0 aromatic rings. The zero-order valence-corrected chi connectivity index (χ0v) is 9.37. The van der Waals surface area contributed by atoms with Crippen molar-refractivity contribution in [3.8, 4) is 0 Å². The molecule has 0 aromatic heterocycles. The standard InChI is InChI=1S/C10H21N3O2/c1-12-9(10(11)14)3-5-13-4-2-7-15-8-6-13/h9,12H,2-8H2,1H3,(H2,11,14). The molecule has 1 aliphatic rings. The Kier molecular flexibility index (Phi) is 5.60. The summed E-state index contributed by atoms with van der Waals surface area (Å²) in [5.41, 5.74) is 5.25. The lowest BCUT2D eigenvalue weighted by atomic mass is 10.2. The summed E-state index contributed by atoms with van der Waals surface area (Å²) in [6.07, 6.45) is 1.84. The number of carbonyl (C=O) groups excluding carboxylic acids is 1. The quantitative estimate of drug-likeness (QED) is 0.628. The number of primary amides is 1. The van der Waals surface area contributed by atoms with E-state index in [-0.39, 0.29) is 11.9 Å². The lowest BCUT2D eigenvalue weighted by Crippen LogP contribution is -2.42. The first-order valence-electron chi connectivity index (χ1n) is 5.50. The third-order valence-electron chi connectivity index (χ3n) is 2.74. The van der Waals surface area contributed by atoms with Gasteiger partial charge in [0.1, 0.15) is 0 Å². The molecule has 1 heterocycles. The van der Waals surface area contributed by atoms with Crippen molar-refractivity contribution in [1.82, 2.24) is 10.2 Å². The van der Waals surface area contributed by atoms with Crippen LogP contribution >= 0.6 is 0 Å². The third kappa shape index (κ3) is 4.59. The Morgan fingerprint density at radius 2 is 2.33 bits per heavy atom. The maximum atomic E-state index is 11.0. The van der Waals surface area contributed by atoms with Gasteiger partial charge in [0.05, 0.1) is 12.6 Å². The van der Waals surface area contributed by atoms with Gasteiger partial charge in [-0.25, -0.2) is 0 Å². The van der Waals surface area contributed by atoms with E-state index in [2.05, 4.69) is 10.2 Å². The van der Waals surface area contributed by atoms with Crippen LogP contribution in [0.15, 0.2) is 0 Å². The van der Waals surface area contributed by atoms with E-state index in [4.69, 9.17) is 10.5 Å². The summed E-state index contributed by atoms with van der Waals surface area (Å²) >= 11 is 0. The van der Waals surface area contributed by atoms with Crippen LogP contribution in [0.1, 0.15) is 12.8 Å². The Hall–Kier alpha value is -0.650. The van der Waals surface area contributed by atoms with Gasteiger partial charge >= 0.3 is 0 Å². The lowest BCUT2D eigenvalue weighted by molar-refractivity contribution is -0.120. The Morgan fingerprint density at radius 3 is 3.00 bits per heavy atom. The fourth-order valence-electron chi connectivity index (χ4n) is 1.76. The molecular formula is C10H21N3O2. The number of ether oxygens (including phenoxy) is 1. The second-order valence-electron chi connectivity index (χ2n) is 3.84. The number of rotatable bonds is 5. The van der Waals surface area contributed by atoms with Crippen LogP contribution in [0.25, 0.3) is 0 Å². The molecule has 5 heteroatoms. The largest absolute Gasteiger partial charge is 0.380 e. The van der Waals surface area contributed by atoms with Gasteiger partial charge in [0.25, 0.3) is 0 Å². The molecule has 0 aromatic carbocycles. The first-order chi connectivity index (χ1) is 7.24. The highest BCUT2D eigenvalue weighted by molar-refractivity contribution is 5.79. The van der Waals surface area contributed by atoms with Gasteiger partial charge in [-0.2, -0.15) is 0 Å². The molecule has 1 rings (SSSR count). The Labute approximate surface area is 90.9 Å². The van der Waals surface area contributed by atoms with E-state index in [0.29, 0.717) is 0 Å². The molecule has 0 radical (unpaired) electrons. The van der Waals surface area contributed by atoms with Crippen LogP contribution < -0.4 is 11.1 Å². The summed E-state index contributed by atoms with van der Waals surface area (Å²) in [5, 5.41) is 2.92. The number of nitrogens with two attached hydrogens (primary N) is 1. The minimum absolute atomic E-state index is 0.214. The van der Waals surface area contributed by atoms with Crippen LogP contribution in [0.5, 0.6) is 0 Å². The van der Waals surface area contributed by atoms with Crippen molar-refractivity contribution in [2.75, 3.05) is 39.9 Å². The molecule has 0 aliphatic carbocycles. The Bertz CT molecular complexity index is 191. The fraction of sp³-hybridized carbons (Fsp3) is 0.900. The molecule has 0 saturated carbocycles. The number of hydrogen-bond acceptors (Lipinski definition) is 4. The first kappa shape index (κ1) is 12.4. The van der Waals surface area contributed by atoms with Crippen molar-refractivity contribution in [3.63, 3.8) is 0 Å². The second kappa shape index (κ2) is 6.76. The summed E-state index contributed by atoms with van der Waals surface area (Å²) in [6, 6.07) is -0.214. The topological polar surface area (TPSA) is 67.6 Å². The molecule has 1 atom stereocenters. The van der Waals surface area contributed by atoms with Crippen molar-refractivity contribution in [2.24, 2.45) is 5.73 Å². The number of hydrogen-bond donors (Lipinski definition) is 2. The number of carbonyl (C=O) groups is 1. The number of amides is 1. The van der Waals surface area contributed by atoms with Crippen LogP contribution in [0, 0.1) is 0 Å². The van der Waals surface area contributed by atoms with Crippen LogP contribution in [-0.4, -0.2) is 56.7 Å². The van der Waals surface area contributed by atoms with E-state index in [1.165, 1.54) is 0 Å². The average Bonchev–Trinajstić information content (AvgIpc) is 2.46. The van der Waals surface area contributed by atoms with Crippen molar-refractivity contribution in [3.05, 3.63) is 0 Å². The zero-order chi connectivity index (χ0) is 11.1. The summed E-state index contributed by atoms with van der Waals surface area (Å²) < 4.78 is 5.36. The van der Waals surface area contributed by atoms with Crippen molar-refractivity contribution in [1.29, 1.82) is 0 Å². The normalized spacial score (nSPS) is 20.9. The number of nitrogens with zero attached hydrogens (tertiary/aromatic N) is 1. The van der Waals surface area contributed by atoms with E-state index in [0.717, 1.165) is 45.7 Å². The Balaban J connectivity index is 2.24. The predicted octanol–water partition coefficient (Wildman–Crippen LogP) is -0.828. The molecular weight excluding hydrogens is 194 g/mol. The van der Waals surface area contributed by atoms with Gasteiger partial charge < -0.3 is 20.7 Å². The maximum Gasteiger partial charge on any atom is 0.234 e. The molecule has 5 nitrogen and oxygen atoms in total. The molecule has 1 saturated heterocycles. The fourth-order valence-corrected chi connectivity index (χ4v) is 1.76. The summed E-state index contributed by atoms with van der Waals surface area (Å²) in [5.74, 6) is -0.274. The number of nitrogens with one attached hydrogen (secondary N) is 1. The highest BCUT2D eigenvalue weighted by Gasteiger charge is 2.15. The van der Waals surface area contributed by atoms with E-state index >= 15 is 0 Å². The molecule has 1 unspecified atom stereocenters. The minimum atomic E-state index is -0.274. The first-order valence-corrected chi connectivity index (χ1v) is 5.50. The van der Waals surface area contributed by atoms with E-state index in [1.807, 2.05) is 0 Å². The molecule has 0 bridgehead atoms. The van der Waals surface area contributed by atoms with E-state index < -0.39 is 0 Å². The summed E-state index contributed by atoms with van der Waals surface area (Å²) in [7, 11) is 1.76. The lowest BCUT2D eigenvalue weighted by Gasteiger charge is -2.21. The van der Waals surface area contributed by atoms with Gasteiger partial charge in [-0.3, -0.25) is 4.79 Å². The third-order valence-corrected chi connectivity index (χ3v) is 2.74. The van der Waals surface area contributed by atoms with Gasteiger partial charge in [-0.1, -0.05) is 0 Å². The van der Waals surface area contributed by atoms with Crippen molar-refractivity contribution >= 4 is 5.91 Å². The smallest absolute Gasteiger partial charge is 0.234 e. The van der Waals surface area contributed by atoms with Crippen LogP contribution in [-0.2, 0) is 9.53 Å². The molecule has 1 amide bonds. The summed E-state index contributed by atoms with van der Waals surface area (Å²) in [6.45, 7) is 4.55. The van der Waals surface area contributed by atoms with Crippen LogP contribution in [0.4, 0.5) is 0 Å². The molecule has 1 aliphatic heterocycles. The summed E-state index contributed by atoms with van der Waals surface area (Å²) in [4.78, 5) is 13.3. The van der Waals surface area contributed by atoms with Gasteiger partial charge in [0, 0.05) is 26.2 Å². The predicted molar refractivity (Wildman–Crippen MR) is 58.5 cm³/mol. The van der Waals surface area contributed by atoms with Gasteiger partial charge in [-0.15, -0.1) is 0 Å². The monoisotopic (exact) mass is 215 g/mol. The van der Waals surface area contributed by atoms with Crippen molar-refractivity contribution < 1.29 is 9.53 Å². The van der Waals surface area contributed by atoms with Crippen molar-refractivity contribution in [2.45, 2.75) is 18.9 Å². The average molecular weight is 215 g/mol. The maximum absolute atomic E-state index is 11.0. The SMILES string of the molecule is CNC(CCN1CCCOCC1)C(N)=O. The Morgan fingerprint density at radius 1 is 1.53 bits per heavy atom. The van der Waals surface area contributed by atoms with E-state index in [1.54, 1.807) is 7.05 Å². The number of likely N-dealkylation sites (N-methyl/N-ethyl adjacent to an activating group) is 1. The molecule has 3 N–H and O–H groups in total. The molecule has 1 fully saturated rings. The minimum Gasteiger partial charge on any atom is -0.380 e. The van der Waals surface area contributed by atoms with Gasteiger partial charge in [-0.05, 0) is 19.9 Å². The molecule has 0 spiro atoms. The molecule has 15 heavy (non-hydrogen) atoms. The van der Waals surface area contributed by atoms with Crippen LogP contribution in [0.3, 0.4) is 0 Å². The zero-order valence-electron chi connectivity index (χ0n) is 9.37. The van der Waals surface area contributed by atoms with E-state index in [9.17, 15) is 4.79 Å². The van der Waals surface area contributed by atoms with Gasteiger partial charge in [0.2, 0.25) is 5.91 Å². The van der Waals surface area contributed by atoms with Crippen LogP contribution in [0.2, 0.25) is 0 Å².